The summed E-state index contributed by atoms with van der Waals surface area (Å²) in [5, 5.41) is 5.45. The predicted octanol–water partition coefficient (Wildman–Crippen LogP) is 5.16. The molecule has 0 aliphatic carbocycles. The van der Waals surface area contributed by atoms with Crippen LogP contribution in [0, 0.1) is 6.92 Å². The quantitative estimate of drug-likeness (QED) is 0.674. The van der Waals surface area contributed by atoms with Gasteiger partial charge in [0, 0.05) is 24.2 Å². The van der Waals surface area contributed by atoms with Crippen LogP contribution in [0.1, 0.15) is 53.7 Å². The molecule has 1 N–H and O–H groups in total. The van der Waals surface area contributed by atoms with Gasteiger partial charge in [-0.2, -0.15) is 0 Å². The van der Waals surface area contributed by atoms with E-state index >= 15 is 0 Å². The summed E-state index contributed by atoms with van der Waals surface area (Å²) in [5.74, 6) is 0.0184. The minimum atomic E-state index is -0.131. The zero-order valence-electron chi connectivity index (χ0n) is 16.9. The van der Waals surface area contributed by atoms with Crippen LogP contribution in [0.25, 0.3) is 10.8 Å². The smallest absolute Gasteiger partial charge is 0.252 e. The Kier molecular flexibility index (Phi) is 5.34. The number of aryl methyl sites for hydroxylation is 1. The molecule has 1 atom stereocenters. The standard InChI is InChI=1S/C25H26N2O2/c1-17-13-14-20(27-15-6-5-12-24(27)28)16-23(17)25(29)26-18(2)21-11-7-9-19-8-3-4-10-22(19)21/h3-4,7-11,13-14,16,18H,5-6,12,15H2,1-2H3,(H,26,29)/t18-/m1/s1. The molecule has 1 heterocycles. The molecule has 1 saturated heterocycles. The minimum absolute atomic E-state index is 0.116. The molecule has 148 valence electrons. The molecule has 0 radical (unpaired) electrons. The largest absolute Gasteiger partial charge is 0.345 e. The van der Waals surface area contributed by atoms with E-state index in [-0.39, 0.29) is 17.9 Å². The molecule has 3 aromatic rings. The van der Waals surface area contributed by atoms with Crippen LogP contribution in [-0.4, -0.2) is 18.4 Å². The van der Waals surface area contributed by atoms with Crippen molar-refractivity contribution in [2.24, 2.45) is 0 Å². The maximum absolute atomic E-state index is 13.1. The first-order chi connectivity index (χ1) is 14.0. The van der Waals surface area contributed by atoms with Gasteiger partial charge in [-0.1, -0.05) is 48.5 Å². The molecule has 3 aromatic carbocycles. The Morgan fingerprint density at radius 1 is 1.03 bits per heavy atom. The number of nitrogens with zero attached hydrogens (tertiary/aromatic N) is 1. The van der Waals surface area contributed by atoms with Crippen molar-refractivity contribution in [3.8, 4) is 0 Å². The van der Waals surface area contributed by atoms with Gasteiger partial charge in [-0.25, -0.2) is 0 Å². The van der Waals surface area contributed by atoms with Crippen molar-refractivity contribution in [2.75, 3.05) is 11.4 Å². The van der Waals surface area contributed by atoms with E-state index in [1.807, 2.05) is 50.2 Å². The lowest BCUT2D eigenvalue weighted by atomic mass is 9.99. The van der Waals surface area contributed by atoms with Crippen molar-refractivity contribution in [2.45, 2.75) is 39.2 Å². The second-order valence-electron chi connectivity index (χ2n) is 7.77. The van der Waals surface area contributed by atoms with Crippen LogP contribution in [0.2, 0.25) is 0 Å². The molecule has 1 aliphatic heterocycles. The van der Waals surface area contributed by atoms with Crippen molar-refractivity contribution >= 4 is 28.3 Å². The average Bonchev–Trinajstić information content (AvgIpc) is 2.74. The van der Waals surface area contributed by atoms with Crippen LogP contribution >= 0.6 is 0 Å². The summed E-state index contributed by atoms with van der Waals surface area (Å²) in [6.45, 7) is 4.65. The minimum Gasteiger partial charge on any atom is -0.345 e. The fraction of sp³-hybridized carbons (Fsp3) is 0.280. The SMILES string of the molecule is Cc1ccc(N2CCCCC2=O)cc1C(=O)N[C@H](C)c1cccc2ccccc12. The number of rotatable bonds is 4. The topological polar surface area (TPSA) is 49.4 Å². The van der Waals surface area contributed by atoms with Gasteiger partial charge >= 0.3 is 0 Å². The number of carbonyl (C=O) groups excluding carboxylic acids is 2. The van der Waals surface area contributed by atoms with Gasteiger partial charge in [0.15, 0.2) is 0 Å². The monoisotopic (exact) mass is 386 g/mol. The highest BCUT2D eigenvalue weighted by molar-refractivity contribution is 6.00. The van der Waals surface area contributed by atoms with Crippen LogP contribution in [0.3, 0.4) is 0 Å². The number of hydrogen-bond acceptors (Lipinski definition) is 2. The average molecular weight is 386 g/mol. The fourth-order valence-electron chi connectivity index (χ4n) is 4.08. The molecule has 4 nitrogen and oxygen atoms in total. The van der Waals surface area contributed by atoms with E-state index in [0.29, 0.717) is 12.0 Å². The van der Waals surface area contributed by atoms with Gasteiger partial charge in [0.05, 0.1) is 6.04 Å². The van der Waals surface area contributed by atoms with Crippen molar-refractivity contribution < 1.29 is 9.59 Å². The molecular formula is C25H26N2O2. The Morgan fingerprint density at radius 3 is 2.66 bits per heavy atom. The van der Waals surface area contributed by atoms with Crippen LogP contribution in [0.15, 0.2) is 60.7 Å². The molecule has 0 aromatic heterocycles. The molecular weight excluding hydrogens is 360 g/mol. The molecule has 0 bridgehead atoms. The molecule has 2 amide bonds. The summed E-state index contributed by atoms with van der Waals surface area (Å²) in [5.41, 5.74) is 3.42. The number of nitrogens with one attached hydrogen (secondary N) is 1. The van der Waals surface area contributed by atoms with E-state index in [1.165, 1.54) is 0 Å². The Labute approximate surface area is 171 Å². The Bertz CT molecular complexity index is 1070. The maximum Gasteiger partial charge on any atom is 0.252 e. The molecule has 4 heteroatoms. The third kappa shape index (κ3) is 3.88. The Morgan fingerprint density at radius 2 is 1.83 bits per heavy atom. The van der Waals surface area contributed by atoms with E-state index in [2.05, 4.69) is 29.6 Å². The van der Waals surface area contributed by atoms with Crippen molar-refractivity contribution in [1.82, 2.24) is 5.32 Å². The highest BCUT2D eigenvalue weighted by Crippen LogP contribution is 2.26. The van der Waals surface area contributed by atoms with Gasteiger partial charge in [-0.05, 0) is 60.7 Å². The summed E-state index contributed by atoms with van der Waals surface area (Å²) in [6, 6.07) is 19.9. The third-order valence-corrected chi connectivity index (χ3v) is 5.74. The Hall–Kier alpha value is -3.14. The molecule has 0 unspecified atom stereocenters. The summed E-state index contributed by atoms with van der Waals surface area (Å²) in [7, 11) is 0. The third-order valence-electron chi connectivity index (χ3n) is 5.74. The Balaban J connectivity index is 1.59. The molecule has 0 spiro atoms. The van der Waals surface area contributed by atoms with Gasteiger partial charge in [0.25, 0.3) is 5.91 Å². The highest BCUT2D eigenvalue weighted by atomic mass is 16.2. The second kappa shape index (κ2) is 8.08. The maximum atomic E-state index is 13.1. The van der Waals surface area contributed by atoms with E-state index in [9.17, 15) is 9.59 Å². The highest BCUT2D eigenvalue weighted by Gasteiger charge is 2.22. The summed E-state index contributed by atoms with van der Waals surface area (Å²) < 4.78 is 0. The number of carbonyl (C=O) groups is 2. The molecule has 4 rings (SSSR count). The second-order valence-corrected chi connectivity index (χ2v) is 7.77. The van der Waals surface area contributed by atoms with Crippen molar-refractivity contribution in [3.05, 3.63) is 77.4 Å². The van der Waals surface area contributed by atoms with Crippen molar-refractivity contribution in [1.29, 1.82) is 0 Å². The number of piperidine rings is 1. The number of anilines is 1. The van der Waals surface area contributed by atoms with E-state index in [4.69, 9.17) is 0 Å². The molecule has 29 heavy (non-hydrogen) atoms. The molecule has 0 saturated carbocycles. The predicted molar refractivity (Wildman–Crippen MR) is 117 cm³/mol. The summed E-state index contributed by atoms with van der Waals surface area (Å²) >= 11 is 0. The van der Waals surface area contributed by atoms with Gasteiger partial charge in [-0.15, -0.1) is 0 Å². The number of hydrogen-bond donors (Lipinski definition) is 1. The molecule has 1 fully saturated rings. The first kappa shape index (κ1) is 19.2. The van der Waals surface area contributed by atoms with E-state index in [0.717, 1.165) is 47.0 Å². The van der Waals surface area contributed by atoms with Gasteiger partial charge < -0.3 is 10.2 Å². The van der Waals surface area contributed by atoms with Crippen LogP contribution in [0.4, 0.5) is 5.69 Å². The van der Waals surface area contributed by atoms with Crippen molar-refractivity contribution in [3.63, 3.8) is 0 Å². The first-order valence-corrected chi connectivity index (χ1v) is 10.2. The lowest BCUT2D eigenvalue weighted by molar-refractivity contribution is -0.119. The lowest BCUT2D eigenvalue weighted by Crippen LogP contribution is -2.35. The fourth-order valence-corrected chi connectivity index (χ4v) is 4.08. The van der Waals surface area contributed by atoms with Gasteiger partial charge in [0.2, 0.25) is 5.91 Å². The molecule has 1 aliphatic rings. The first-order valence-electron chi connectivity index (χ1n) is 10.2. The van der Waals surface area contributed by atoms with E-state index in [1.54, 1.807) is 4.90 Å². The van der Waals surface area contributed by atoms with Crippen LogP contribution in [0.5, 0.6) is 0 Å². The van der Waals surface area contributed by atoms with Gasteiger partial charge in [-0.3, -0.25) is 9.59 Å². The van der Waals surface area contributed by atoms with E-state index < -0.39 is 0 Å². The number of benzene rings is 3. The van der Waals surface area contributed by atoms with Gasteiger partial charge in [0.1, 0.15) is 0 Å². The summed E-state index contributed by atoms with van der Waals surface area (Å²) in [4.78, 5) is 27.2. The lowest BCUT2D eigenvalue weighted by Gasteiger charge is -2.27. The zero-order chi connectivity index (χ0) is 20.4. The van der Waals surface area contributed by atoms with Crippen LogP contribution in [-0.2, 0) is 4.79 Å². The number of amides is 2. The number of fused-ring (bicyclic) bond motifs is 1. The van der Waals surface area contributed by atoms with Crippen LogP contribution < -0.4 is 10.2 Å². The normalized spacial score (nSPS) is 15.4. The zero-order valence-corrected chi connectivity index (χ0v) is 16.9. The summed E-state index contributed by atoms with van der Waals surface area (Å²) in [6.07, 6.45) is 2.52.